The summed E-state index contributed by atoms with van der Waals surface area (Å²) in [6.45, 7) is 1.47. The van der Waals surface area contributed by atoms with Crippen molar-refractivity contribution in [1.82, 2.24) is 10.2 Å². The van der Waals surface area contributed by atoms with Crippen LogP contribution in [0.2, 0.25) is 0 Å². The van der Waals surface area contributed by atoms with E-state index in [9.17, 15) is 13.2 Å². The van der Waals surface area contributed by atoms with Gasteiger partial charge in [0.15, 0.2) is 0 Å². The van der Waals surface area contributed by atoms with Crippen LogP contribution >= 0.6 is 0 Å². The predicted octanol–water partition coefficient (Wildman–Crippen LogP) is 1.63. The van der Waals surface area contributed by atoms with Crippen LogP contribution in [0.15, 0.2) is 23.4 Å². The third kappa shape index (κ3) is 1.77. The second-order valence-electron chi connectivity index (χ2n) is 3.47. The number of nitrogens with zero attached hydrogens (tertiary/aromatic N) is 1. The molecular weight excluding hydrogens is 193 g/mol. The van der Waals surface area contributed by atoms with Crippen molar-refractivity contribution in [3.8, 4) is 0 Å². The molecule has 2 aliphatic rings. The van der Waals surface area contributed by atoms with Gasteiger partial charge >= 0.3 is 6.30 Å². The molecule has 2 aliphatic heterocycles. The van der Waals surface area contributed by atoms with Gasteiger partial charge in [0.25, 0.3) is 0 Å². The Balaban J connectivity index is 2.14. The third-order valence-corrected chi connectivity index (χ3v) is 2.52. The monoisotopic (exact) mass is 204 g/mol. The second-order valence-corrected chi connectivity index (χ2v) is 3.47. The van der Waals surface area contributed by atoms with Crippen LogP contribution in [0.5, 0.6) is 0 Å². The molecule has 0 aromatic heterocycles. The van der Waals surface area contributed by atoms with Crippen LogP contribution in [0.25, 0.3) is 0 Å². The van der Waals surface area contributed by atoms with E-state index >= 15 is 0 Å². The lowest BCUT2D eigenvalue weighted by molar-refractivity contribution is -0.225. The van der Waals surface area contributed by atoms with Crippen LogP contribution in [0.3, 0.4) is 0 Å². The first-order valence-electron chi connectivity index (χ1n) is 4.50. The minimum atomic E-state index is -4.25. The van der Waals surface area contributed by atoms with E-state index in [2.05, 4.69) is 5.32 Å². The van der Waals surface area contributed by atoms with Gasteiger partial charge in [0.05, 0.1) is 0 Å². The summed E-state index contributed by atoms with van der Waals surface area (Å²) in [7, 11) is 0. The van der Waals surface area contributed by atoms with Crippen LogP contribution in [0.4, 0.5) is 13.2 Å². The molecule has 2 nitrogen and oxygen atoms in total. The van der Waals surface area contributed by atoms with Crippen LogP contribution < -0.4 is 5.32 Å². The molecular formula is C9H11F3N2. The number of hydrogen-bond acceptors (Lipinski definition) is 2. The van der Waals surface area contributed by atoms with E-state index in [-0.39, 0.29) is 6.54 Å². The molecule has 5 heteroatoms. The van der Waals surface area contributed by atoms with Gasteiger partial charge in [-0.1, -0.05) is 0 Å². The lowest BCUT2D eigenvalue weighted by atomic mass is 9.99. The van der Waals surface area contributed by atoms with Crippen molar-refractivity contribution in [3.63, 3.8) is 0 Å². The van der Waals surface area contributed by atoms with Gasteiger partial charge in [0, 0.05) is 19.3 Å². The summed E-state index contributed by atoms with van der Waals surface area (Å²) >= 11 is 0. The van der Waals surface area contributed by atoms with Crippen molar-refractivity contribution in [2.75, 3.05) is 19.6 Å². The van der Waals surface area contributed by atoms with Crippen molar-refractivity contribution >= 4 is 0 Å². The summed E-state index contributed by atoms with van der Waals surface area (Å²) in [6.07, 6.45) is -0.865. The van der Waals surface area contributed by atoms with Crippen molar-refractivity contribution < 1.29 is 13.2 Å². The Labute approximate surface area is 80.1 Å². The Kier molecular flexibility index (Phi) is 2.26. The molecule has 2 heterocycles. The Morgan fingerprint density at radius 3 is 2.86 bits per heavy atom. The van der Waals surface area contributed by atoms with E-state index in [0.29, 0.717) is 17.9 Å². The van der Waals surface area contributed by atoms with E-state index < -0.39 is 6.30 Å². The molecule has 0 radical (unpaired) electrons. The molecule has 0 amide bonds. The van der Waals surface area contributed by atoms with Gasteiger partial charge in [-0.3, -0.25) is 4.90 Å². The predicted molar refractivity (Wildman–Crippen MR) is 46.4 cm³/mol. The SMILES string of the molecule is FC(F)(F)N1C=CC2=C(CCNC2)C1. The first-order chi connectivity index (χ1) is 6.57. The van der Waals surface area contributed by atoms with Crippen LogP contribution in [0, 0.1) is 0 Å². The molecule has 0 aliphatic carbocycles. The van der Waals surface area contributed by atoms with E-state index in [1.54, 1.807) is 6.08 Å². The summed E-state index contributed by atoms with van der Waals surface area (Å²) in [6, 6.07) is 0. The molecule has 0 atom stereocenters. The average Bonchev–Trinajstić information content (AvgIpc) is 2.16. The first kappa shape index (κ1) is 9.58. The third-order valence-electron chi connectivity index (χ3n) is 2.52. The minimum absolute atomic E-state index is 0.00296. The Bertz CT molecular complexity index is 291. The van der Waals surface area contributed by atoms with E-state index in [0.717, 1.165) is 23.9 Å². The molecule has 0 spiro atoms. The molecule has 0 saturated carbocycles. The molecule has 0 fully saturated rings. The molecule has 1 N–H and O–H groups in total. The quantitative estimate of drug-likeness (QED) is 0.603. The van der Waals surface area contributed by atoms with Gasteiger partial charge in [-0.15, -0.1) is 0 Å². The average molecular weight is 204 g/mol. The summed E-state index contributed by atoms with van der Waals surface area (Å²) < 4.78 is 37.0. The van der Waals surface area contributed by atoms with Crippen molar-refractivity contribution in [2.24, 2.45) is 0 Å². The topological polar surface area (TPSA) is 15.3 Å². The highest BCUT2D eigenvalue weighted by molar-refractivity contribution is 5.33. The fraction of sp³-hybridized carbons (Fsp3) is 0.556. The van der Waals surface area contributed by atoms with Crippen LogP contribution in [-0.2, 0) is 0 Å². The number of hydrogen-bond donors (Lipinski definition) is 1. The summed E-state index contributed by atoms with van der Waals surface area (Å²) in [5.41, 5.74) is 1.92. The zero-order valence-corrected chi connectivity index (χ0v) is 7.56. The molecule has 0 saturated heterocycles. The summed E-state index contributed by atoms with van der Waals surface area (Å²) in [5, 5.41) is 3.13. The summed E-state index contributed by atoms with van der Waals surface area (Å²) in [4.78, 5) is 0.428. The highest BCUT2D eigenvalue weighted by Gasteiger charge is 2.36. The Hall–Kier alpha value is -0.970. The Morgan fingerprint density at radius 1 is 1.36 bits per heavy atom. The van der Waals surface area contributed by atoms with Gasteiger partial charge in [-0.2, -0.15) is 13.2 Å². The molecule has 0 aromatic carbocycles. The standard InChI is InChI=1S/C9H11F3N2/c10-9(11,12)14-4-2-7-5-13-3-1-8(7)6-14/h2,4,13H,1,3,5-6H2. The zero-order valence-electron chi connectivity index (χ0n) is 7.56. The highest BCUT2D eigenvalue weighted by atomic mass is 19.4. The van der Waals surface area contributed by atoms with Crippen LogP contribution in [0.1, 0.15) is 6.42 Å². The van der Waals surface area contributed by atoms with Gasteiger partial charge in [0.2, 0.25) is 0 Å². The Morgan fingerprint density at radius 2 is 2.14 bits per heavy atom. The number of nitrogens with one attached hydrogen (secondary N) is 1. The van der Waals surface area contributed by atoms with E-state index in [4.69, 9.17) is 0 Å². The number of rotatable bonds is 0. The van der Waals surface area contributed by atoms with Gasteiger partial charge in [0.1, 0.15) is 0 Å². The lowest BCUT2D eigenvalue weighted by Crippen LogP contribution is -2.39. The zero-order chi connectivity index (χ0) is 10.2. The maximum Gasteiger partial charge on any atom is 0.484 e. The van der Waals surface area contributed by atoms with Crippen molar-refractivity contribution in [2.45, 2.75) is 12.7 Å². The normalized spacial score (nSPS) is 22.6. The van der Waals surface area contributed by atoms with Crippen molar-refractivity contribution in [3.05, 3.63) is 23.4 Å². The van der Waals surface area contributed by atoms with Crippen molar-refractivity contribution in [1.29, 1.82) is 0 Å². The molecule has 0 unspecified atom stereocenters. The minimum Gasteiger partial charge on any atom is -0.312 e. The van der Waals surface area contributed by atoms with Gasteiger partial charge in [-0.25, -0.2) is 0 Å². The summed E-state index contributed by atoms with van der Waals surface area (Å²) in [5.74, 6) is 0. The number of alkyl halides is 3. The molecule has 78 valence electrons. The van der Waals surface area contributed by atoms with Crippen LogP contribution in [-0.4, -0.2) is 30.8 Å². The maximum absolute atomic E-state index is 12.3. The molecule has 2 rings (SSSR count). The smallest absolute Gasteiger partial charge is 0.312 e. The fourth-order valence-corrected chi connectivity index (χ4v) is 1.72. The molecule has 0 aromatic rings. The highest BCUT2D eigenvalue weighted by Crippen LogP contribution is 2.28. The van der Waals surface area contributed by atoms with E-state index in [1.165, 1.54) is 0 Å². The van der Waals surface area contributed by atoms with Gasteiger partial charge in [-0.05, 0) is 30.2 Å². The first-order valence-corrected chi connectivity index (χ1v) is 4.50. The molecule has 0 bridgehead atoms. The lowest BCUT2D eigenvalue weighted by Gasteiger charge is -2.31. The second kappa shape index (κ2) is 3.31. The molecule has 14 heavy (non-hydrogen) atoms. The van der Waals surface area contributed by atoms with E-state index in [1.807, 2.05) is 0 Å². The number of halogens is 3. The largest absolute Gasteiger partial charge is 0.484 e. The van der Waals surface area contributed by atoms with Gasteiger partial charge < -0.3 is 5.32 Å². The maximum atomic E-state index is 12.3. The fourth-order valence-electron chi connectivity index (χ4n) is 1.72.